The first-order valence-corrected chi connectivity index (χ1v) is 6.19. The van der Waals surface area contributed by atoms with Crippen LogP contribution in [0.5, 0.6) is 5.75 Å². The van der Waals surface area contributed by atoms with E-state index >= 15 is 0 Å². The van der Waals surface area contributed by atoms with Crippen molar-refractivity contribution in [2.75, 3.05) is 0 Å². The maximum absolute atomic E-state index is 12.2. The van der Waals surface area contributed by atoms with Crippen LogP contribution in [0.3, 0.4) is 0 Å². The largest absolute Gasteiger partial charge is 0.456 e. The van der Waals surface area contributed by atoms with E-state index < -0.39 is 6.18 Å². The van der Waals surface area contributed by atoms with Crippen molar-refractivity contribution in [3.8, 4) is 5.75 Å². The Morgan fingerprint density at radius 2 is 1.80 bits per heavy atom. The molecule has 108 valence electrons. The third-order valence-corrected chi connectivity index (χ3v) is 2.39. The summed E-state index contributed by atoms with van der Waals surface area (Å²) in [6, 6.07) is 6.58. The van der Waals surface area contributed by atoms with Crippen LogP contribution in [0, 0.1) is 0 Å². The molecule has 0 unspecified atom stereocenters. The van der Waals surface area contributed by atoms with Crippen LogP contribution < -0.4 is 4.74 Å². The predicted molar refractivity (Wildman–Crippen MR) is 74.8 cm³/mol. The molecule has 0 saturated carbocycles. The Hall–Kier alpha value is -1.68. The summed E-state index contributed by atoms with van der Waals surface area (Å²) in [5, 5.41) is 0.330. The molecule has 20 heavy (non-hydrogen) atoms. The first-order chi connectivity index (χ1) is 9.28. The SMILES string of the molecule is CC(C)=C/C=C(\C=C\C(F)(F)F)Oc1ccccc1Cl. The Bertz CT molecular complexity index is 538. The Labute approximate surface area is 121 Å². The third-order valence-electron chi connectivity index (χ3n) is 2.08. The van der Waals surface area contributed by atoms with Gasteiger partial charge in [0.1, 0.15) is 11.5 Å². The van der Waals surface area contributed by atoms with E-state index in [2.05, 4.69) is 0 Å². The van der Waals surface area contributed by atoms with Gasteiger partial charge in [-0.1, -0.05) is 35.4 Å². The summed E-state index contributed by atoms with van der Waals surface area (Å²) < 4.78 is 42.1. The summed E-state index contributed by atoms with van der Waals surface area (Å²) in [5.41, 5.74) is 0.936. The van der Waals surface area contributed by atoms with Gasteiger partial charge in [0.05, 0.1) is 5.02 Å². The second-order valence-electron chi connectivity index (χ2n) is 4.22. The van der Waals surface area contributed by atoms with Gasteiger partial charge in [-0.3, -0.25) is 0 Å². The van der Waals surface area contributed by atoms with Crippen molar-refractivity contribution in [1.29, 1.82) is 0 Å². The number of halogens is 4. The second-order valence-corrected chi connectivity index (χ2v) is 4.63. The molecule has 0 atom stereocenters. The summed E-state index contributed by atoms with van der Waals surface area (Å²) >= 11 is 5.91. The quantitative estimate of drug-likeness (QED) is 0.513. The Morgan fingerprint density at radius 1 is 1.15 bits per heavy atom. The van der Waals surface area contributed by atoms with E-state index in [1.54, 1.807) is 30.3 Å². The van der Waals surface area contributed by atoms with E-state index in [0.717, 1.165) is 11.6 Å². The van der Waals surface area contributed by atoms with E-state index in [9.17, 15) is 13.2 Å². The molecule has 5 heteroatoms. The molecule has 0 aromatic heterocycles. The number of hydrogen-bond acceptors (Lipinski definition) is 1. The molecule has 1 nitrogen and oxygen atoms in total. The van der Waals surface area contributed by atoms with E-state index in [0.29, 0.717) is 10.8 Å². The number of ether oxygens (including phenoxy) is 1. The lowest BCUT2D eigenvalue weighted by molar-refractivity contribution is -0.0799. The monoisotopic (exact) mass is 302 g/mol. The maximum atomic E-state index is 12.2. The summed E-state index contributed by atoms with van der Waals surface area (Å²) in [5.74, 6) is 0.353. The van der Waals surface area contributed by atoms with Gasteiger partial charge in [0.15, 0.2) is 0 Å². The Kier molecular flexibility index (Phi) is 5.89. The molecule has 0 fully saturated rings. The lowest BCUT2D eigenvalue weighted by atomic mass is 10.3. The summed E-state index contributed by atoms with van der Waals surface area (Å²) in [6.07, 6.45) is -0.293. The van der Waals surface area contributed by atoms with Crippen molar-refractivity contribution in [2.45, 2.75) is 20.0 Å². The fourth-order valence-electron chi connectivity index (χ4n) is 1.20. The molecule has 1 rings (SSSR count). The van der Waals surface area contributed by atoms with Crippen molar-refractivity contribution in [1.82, 2.24) is 0 Å². The first kappa shape index (κ1) is 16.4. The van der Waals surface area contributed by atoms with Crippen molar-refractivity contribution < 1.29 is 17.9 Å². The highest BCUT2D eigenvalue weighted by molar-refractivity contribution is 6.32. The van der Waals surface area contributed by atoms with E-state index in [4.69, 9.17) is 16.3 Å². The third kappa shape index (κ3) is 6.48. The van der Waals surface area contributed by atoms with Crippen molar-refractivity contribution >= 4 is 11.6 Å². The molecule has 0 aliphatic heterocycles. The predicted octanol–water partition coefficient (Wildman–Crippen LogP) is 5.69. The fourth-order valence-corrected chi connectivity index (χ4v) is 1.38. The highest BCUT2D eigenvalue weighted by Crippen LogP contribution is 2.26. The van der Waals surface area contributed by atoms with E-state index in [1.165, 1.54) is 6.08 Å². The zero-order valence-electron chi connectivity index (χ0n) is 11.0. The zero-order chi connectivity index (χ0) is 15.2. The van der Waals surface area contributed by atoms with Gasteiger partial charge in [-0.15, -0.1) is 0 Å². The average molecular weight is 303 g/mol. The minimum Gasteiger partial charge on any atom is -0.456 e. The van der Waals surface area contributed by atoms with Gasteiger partial charge >= 0.3 is 6.18 Å². The summed E-state index contributed by atoms with van der Waals surface area (Å²) in [7, 11) is 0. The molecule has 0 N–H and O–H groups in total. The zero-order valence-corrected chi connectivity index (χ0v) is 11.8. The second kappa shape index (κ2) is 7.20. The smallest absolute Gasteiger partial charge is 0.409 e. The molecule has 0 spiro atoms. The van der Waals surface area contributed by atoms with Crippen LogP contribution in [0.15, 0.2) is 59.9 Å². The van der Waals surface area contributed by atoms with Gasteiger partial charge in [0.25, 0.3) is 0 Å². The van der Waals surface area contributed by atoms with E-state index in [1.807, 2.05) is 13.8 Å². The number of hydrogen-bond donors (Lipinski definition) is 0. The number of rotatable bonds is 4. The minimum absolute atomic E-state index is 0.0524. The van der Waals surface area contributed by atoms with Gasteiger partial charge in [0.2, 0.25) is 0 Å². The lowest BCUT2D eigenvalue weighted by Crippen LogP contribution is -2.02. The molecular weight excluding hydrogens is 289 g/mol. The van der Waals surface area contributed by atoms with Crippen LogP contribution in [-0.4, -0.2) is 6.18 Å². The minimum atomic E-state index is -4.39. The number of alkyl halides is 3. The normalized spacial score (nSPS) is 12.6. The van der Waals surface area contributed by atoms with Gasteiger partial charge in [0, 0.05) is 6.08 Å². The van der Waals surface area contributed by atoms with Gasteiger partial charge in [-0.2, -0.15) is 13.2 Å². The molecule has 0 aliphatic carbocycles. The highest BCUT2D eigenvalue weighted by Gasteiger charge is 2.22. The molecule has 0 aliphatic rings. The molecular formula is C15H14ClF3O. The van der Waals surface area contributed by atoms with Gasteiger partial charge < -0.3 is 4.74 Å². The number of allylic oxidation sites excluding steroid dienone is 5. The topological polar surface area (TPSA) is 9.23 Å². The Balaban J connectivity index is 3.01. The van der Waals surface area contributed by atoms with E-state index in [-0.39, 0.29) is 11.8 Å². The Morgan fingerprint density at radius 3 is 2.35 bits per heavy atom. The summed E-state index contributed by atoms with van der Waals surface area (Å²) in [6.45, 7) is 3.66. The molecule has 0 saturated heterocycles. The first-order valence-electron chi connectivity index (χ1n) is 5.81. The van der Waals surface area contributed by atoms with Crippen LogP contribution in [0.25, 0.3) is 0 Å². The molecule has 1 aromatic rings. The molecule has 0 radical (unpaired) electrons. The van der Waals surface area contributed by atoms with Crippen molar-refractivity contribution in [3.63, 3.8) is 0 Å². The van der Waals surface area contributed by atoms with Crippen LogP contribution >= 0.6 is 11.6 Å². The van der Waals surface area contributed by atoms with Crippen LogP contribution in [0.1, 0.15) is 13.8 Å². The lowest BCUT2D eigenvalue weighted by Gasteiger charge is -2.08. The fraction of sp³-hybridized carbons (Fsp3) is 0.200. The van der Waals surface area contributed by atoms with Crippen LogP contribution in [0.4, 0.5) is 13.2 Å². The molecule has 0 bridgehead atoms. The van der Waals surface area contributed by atoms with Crippen molar-refractivity contribution in [3.05, 3.63) is 64.9 Å². The summed E-state index contributed by atoms with van der Waals surface area (Å²) in [4.78, 5) is 0. The average Bonchev–Trinajstić information content (AvgIpc) is 2.34. The van der Waals surface area contributed by atoms with Crippen LogP contribution in [-0.2, 0) is 0 Å². The van der Waals surface area contributed by atoms with Gasteiger partial charge in [-0.05, 0) is 38.1 Å². The number of benzene rings is 1. The van der Waals surface area contributed by atoms with Crippen LogP contribution in [0.2, 0.25) is 5.02 Å². The molecule has 0 heterocycles. The number of para-hydroxylation sites is 1. The standard InChI is InChI=1S/C15H14ClF3O/c1-11(2)7-8-12(9-10-15(17,18)19)20-14-6-4-3-5-13(14)16/h3-10H,1-2H3/b10-9+,12-8+. The maximum Gasteiger partial charge on any atom is 0.409 e. The molecule has 0 amide bonds. The van der Waals surface area contributed by atoms with Gasteiger partial charge in [-0.25, -0.2) is 0 Å². The highest BCUT2D eigenvalue weighted by atomic mass is 35.5. The van der Waals surface area contributed by atoms with Crippen molar-refractivity contribution in [2.24, 2.45) is 0 Å². The molecule has 1 aromatic carbocycles.